The lowest BCUT2D eigenvalue weighted by Gasteiger charge is -2.08. The van der Waals surface area contributed by atoms with Gasteiger partial charge in [-0.2, -0.15) is 0 Å². The van der Waals surface area contributed by atoms with Crippen molar-refractivity contribution in [3.05, 3.63) is 65.2 Å². The molecule has 1 fully saturated rings. The van der Waals surface area contributed by atoms with Gasteiger partial charge in [0.1, 0.15) is 12.4 Å². The van der Waals surface area contributed by atoms with Gasteiger partial charge in [-0.05, 0) is 61.6 Å². The van der Waals surface area contributed by atoms with Crippen LogP contribution >= 0.6 is 0 Å². The lowest BCUT2D eigenvalue weighted by atomic mass is 10.1. The molecule has 1 saturated carbocycles. The Morgan fingerprint density at radius 2 is 1.81 bits per heavy atom. The Bertz CT molecular complexity index is 572. The summed E-state index contributed by atoms with van der Waals surface area (Å²) >= 11 is 0. The molecule has 2 heteroatoms. The summed E-state index contributed by atoms with van der Waals surface area (Å²) in [6.45, 7) is 3.80. The zero-order valence-corrected chi connectivity index (χ0v) is 12.6. The van der Waals surface area contributed by atoms with Gasteiger partial charge in [-0.15, -0.1) is 0 Å². The Morgan fingerprint density at radius 3 is 2.52 bits per heavy atom. The molecule has 1 aliphatic rings. The van der Waals surface area contributed by atoms with E-state index in [1.807, 2.05) is 12.1 Å². The predicted molar refractivity (Wildman–Crippen MR) is 86.7 cm³/mol. The molecule has 0 aliphatic heterocycles. The van der Waals surface area contributed by atoms with E-state index in [2.05, 4.69) is 48.6 Å². The summed E-state index contributed by atoms with van der Waals surface area (Å²) in [7, 11) is 0. The normalized spacial score (nSPS) is 14.1. The molecule has 0 unspecified atom stereocenters. The van der Waals surface area contributed by atoms with Gasteiger partial charge >= 0.3 is 0 Å². The van der Waals surface area contributed by atoms with Crippen molar-refractivity contribution in [3.8, 4) is 5.75 Å². The Balaban J connectivity index is 1.47. The minimum absolute atomic E-state index is 0.629. The molecule has 2 aromatic rings. The largest absolute Gasteiger partial charge is 0.489 e. The van der Waals surface area contributed by atoms with Crippen molar-refractivity contribution in [2.75, 3.05) is 6.54 Å². The van der Waals surface area contributed by atoms with Gasteiger partial charge in [-0.1, -0.05) is 36.4 Å². The standard InChI is InChI=1S/C19H23NO/c1-15-3-2-4-19(13-15)21-14-17-7-5-16(6-8-17)11-12-20-18-9-10-18/h2-8,13,18,20H,9-12,14H2,1H3. The van der Waals surface area contributed by atoms with Crippen molar-refractivity contribution in [2.24, 2.45) is 0 Å². The first-order valence-electron chi connectivity index (χ1n) is 7.80. The predicted octanol–water partition coefficient (Wildman–Crippen LogP) is 3.87. The van der Waals surface area contributed by atoms with Crippen LogP contribution in [0.4, 0.5) is 0 Å². The summed E-state index contributed by atoms with van der Waals surface area (Å²) in [6, 6.07) is 17.7. The van der Waals surface area contributed by atoms with Crippen molar-refractivity contribution < 1.29 is 4.74 Å². The number of hydrogen-bond acceptors (Lipinski definition) is 2. The molecule has 0 amide bonds. The maximum atomic E-state index is 5.82. The molecule has 2 aromatic carbocycles. The third-order valence-corrected chi connectivity index (χ3v) is 3.84. The highest BCUT2D eigenvalue weighted by Gasteiger charge is 2.19. The monoisotopic (exact) mass is 281 g/mol. The number of ether oxygens (including phenoxy) is 1. The van der Waals surface area contributed by atoms with Gasteiger partial charge < -0.3 is 10.1 Å². The highest BCUT2D eigenvalue weighted by Crippen LogP contribution is 2.18. The summed E-state index contributed by atoms with van der Waals surface area (Å²) in [5.74, 6) is 0.938. The molecule has 0 atom stereocenters. The van der Waals surface area contributed by atoms with Crippen LogP contribution in [0.1, 0.15) is 29.5 Å². The van der Waals surface area contributed by atoms with E-state index in [9.17, 15) is 0 Å². The molecule has 1 N–H and O–H groups in total. The first kappa shape index (κ1) is 14.2. The molecule has 0 spiro atoms. The van der Waals surface area contributed by atoms with E-state index < -0.39 is 0 Å². The zero-order chi connectivity index (χ0) is 14.5. The molecular weight excluding hydrogens is 258 g/mol. The fraction of sp³-hybridized carbons (Fsp3) is 0.368. The van der Waals surface area contributed by atoms with E-state index in [1.165, 1.54) is 29.5 Å². The quantitative estimate of drug-likeness (QED) is 0.832. The molecular formula is C19H23NO. The second kappa shape index (κ2) is 6.77. The fourth-order valence-electron chi connectivity index (χ4n) is 2.38. The van der Waals surface area contributed by atoms with E-state index in [4.69, 9.17) is 4.74 Å². The molecule has 0 heterocycles. The minimum atomic E-state index is 0.629. The SMILES string of the molecule is Cc1cccc(OCc2ccc(CCNC3CC3)cc2)c1. The van der Waals surface area contributed by atoms with Crippen LogP contribution in [0.5, 0.6) is 5.75 Å². The molecule has 2 nitrogen and oxygen atoms in total. The van der Waals surface area contributed by atoms with E-state index in [1.54, 1.807) is 0 Å². The van der Waals surface area contributed by atoms with Crippen LogP contribution in [-0.2, 0) is 13.0 Å². The molecule has 0 aromatic heterocycles. The van der Waals surface area contributed by atoms with Crippen molar-refractivity contribution >= 4 is 0 Å². The van der Waals surface area contributed by atoms with Gasteiger partial charge in [0.15, 0.2) is 0 Å². The molecule has 21 heavy (non-hydrogen) atoms. The second-order valence-electron chi connectivity index (χ2n) is 5.90. The highest BCUT2D eigenvalue weighted by molar-refractivity contribution is 5.28. The maximum Gasteiger partial charge on any atom is 0.120 e. The fourth-order valence-corrected chi connectivity index (χ4v) is 2.38. The molecule has 0 saturated heterocycles. The van der Waals surface area contributed by atoms with E-state index in [-0.39, 0.29) is 0 Å². The molecule has 1 aliphatic carbocycles. The lowest BCUT2D eigenvalue weighted by molar-refractivity contribution is 0.306. The van der Waals surface area contributed by atoms with E-state index in [0.717, 1.165) is 24.8 Å². The topological polar surface area (TPSA) is 21.3 Å². The third kappa shape index (κ3) is 4.61. The summed E-state index contributed by atoms with van der Waals surface area (Å²) in [6.07, 6.45) is 3.82. The van der Waals surface area contributed by atoms with Crippen molar-refractivity contribution in [1.82, 2.24) is 5.32 Å². The minimum Gasteiger partial charge on any atom is -0.489 e. The van der Waals surface area contributed by atoms with Crippen LogP contribution in [0.3, 0.4) is 0 Å². The second-order valence-corrected chi connectivity index (χ2v) is 5.90. The van der Waals surface area contributed by atoms with Gasteiger partial charge in [-0.3, -0.25) is 0 Å². The van der Waals surface area contributed by atoms with Crippen LogP contribution in [-0.4, -0.2) is 12.6 Å². The number of rotatable bonds is 7. The van der Waals surface area contributed by atoms with Crippen molar-refractivity contribution in [1.29, 1.82) is 0 Å². The summed E-state index contributed by atoms with van der Waals surface area (Å²) in [5.41, 5.74) is 3.84. The van der Waals surface area contributed by atoms with Crippen LogP contribution < -0.4 is 10.1 Å². The first-order valence-corrected chi connectivity index (χ1v) is 7.80. The molecule has 0 radical (unpaired) electrons. The van der Waals surface area contributed by atoms with Gasteiger partial charge in [-0.25, -0.2) is 0 Å². The number of aryl methyl sites for hydroxylation is 1. The third-order valence-electron chi connectivity index (χ3n) is 3.84. The van der Waals surface area contributed by atoms with Gasteiger partial charge in [0.25, 0.3) is 0 Å². The highest BCUT2D eigenvalue weighted by atomic mass is 16.5. The van der Waals surface area contributed by atoms with Crippen LogP contribution in [0.15, 0.2) is 48.5 Å². The molecule has 0 bridgehead atoms. The average molecular weight is 281 g/mol. The summed E-state index contributed by atoms with van der Waals surface area (Å²) in [5, 5.41) is 3.55. The van der Waals surface area contributed by atoms with Crippen LogP contribution in [0, 0.1) is 6.92 Å². The smallest absolute Gasteiger partial charge is 0.120 e. The van der Waals surface area contributed by atoms with Crippen LogP contribution in [0.2, 0.25) is 0 Å². The van der Waals surface area contributed by atoms with Gasteiger partial charge in [0.05, 0.1) is 0 Å². The Kier molecular flexibility index (Phi) is 4.56. The van der Waals surface area contributed by atoms with Gasteiger partial charge in [0.2, 0.25) is 0 Å². The van der Waals surface area contributed by atoms with E-state index in [0.29, 0.717) is 6.61 Å². The number of nitrogens with one attached hydrogen (secondary N) is 1. The molecule has 110 valence electrons. The summed E-state index contributed by atoms with van der Waals surface area (Å²) < 4.78 is 5.82. The van der Waals surface area contributed by atoms with E-state index >= 15 is 0 Å². The van der Waals surface area contributed by atoms with Crippen molar-refractivity contribution in [2.45, 2.75) is 38.8 Å². The maximum absolute atomic E-state index is 5.82. The Morgan fingerprint density at radius 1 is 1.05 bits per heavy atom. The molecule has 3 rings (SSSR count). The van der Waals surface area contributed by atoms with Crippen molar-refractivity contribution in [3.63, 3.8) is 0 Å². The average Bonchev–Trinajstić information content (AvgIpc) is 3.31. The Hall–Kier alpha value is -1.80. The van der Waals surface area contributed by atoms with Crippen LogP contribution in [0.25, 0.3) is 0 Å². The Labute approximate surface area is 127 Å². The lowest BCUT2D eigenvalue weighted by Crippen LogP contribution is -2.19. The number of benzene rings is 2. The zero-order valence-electron chi connectivity index (χ0n) is 12.6. The van der Waals surface area contributed by atoms with Gasteiger partial charge in [0, 0.05) is 6.04 Å². The summed E-state index contributed by atoms with van der Waals surface area (Å²) in [4.78, 5) is 0. The first-order chi connectivity index (χ1) is 10.3. The number of hydrogen-bond donors (Lipinski definition) is 1.